The molecule has 3 aromatic rings. The van der Waals surface area contributed by atoms with Crippen molar-refractivity contribution in [3.8, 4) is 0 Å². The number of fused-ring (bicyclic) bond motifs is 1. The number of amides is 1. The van der Waals surface area contributed by atoms with Gasteiger partial charge in [0.15, 0.2) is 0 Å². The fourth-order valence-corrected chi connectivity index (χ4v) is 2.62. The lowest BCUT2D eigenvalue weighted by molar-refractivity contribution is 0.0932. The molecule has 6 nitrogen and oxygen atoms in total. The molecule has 2 aromatic heterocycles. The lowest BCUT2D eigenvalue weighted by Crippen LogP contribution is -2.29. The predicted molar refractivity (Wildman–Crippen MR) is 91.9 cm³/mol. The van der Waals surface area contributed by atoms with E-state index in [0.29, 0.717) is 17.4 Å². The van der Waals surface area contributed by atoms with Crippen LogP contribution in [-0.4, -0.2) is 25.5 Å². The number of benzene rings is 1. The van der Waals surface area contributed by atoms with Gasteiger partial charge in [-0.05, 0) is 37.0 Å². The van der Waals surface area contributed by atoms with Crippen molar-refractivity contribution in [1.82, 2.24) is 24.9 Å². The zero-order chi connectivity index (χ0) is 17.3. The number of aromatic nitrogens is 4. The Hall–Kier alpha value is -2.76. The van der Waals surface area contributed by atoms with E-state index in [-0.39, 0.29) is 11.9 Å². The van der Waals surface area contributed by atoms with Crippen LogP contribution in [0.2, 0.25) is 0 Å². The zero-order valence-electron chi connectivity index (χ0n) is 14.3. The van der Waals surface area contributed by atoms with Gasteiger partial charge < -0.3 is 5.32 Å². The molecule has 1 amide bonds. The van der Waals surface area contributed by atoms with Gasteiger partial charge in [-0.15, -0.1) is 0 Å². The van der Waals surface area contributed by atoms with Crippen LogP contribution >= 0.6 is 0 Å². The first-order valence-corrected chi connectivity index (χ1v) is 8.04. The van der Waals surface area contributed by atoms with E-state index in [2.05, 4.69) is 58.5 Å². The van der Waals surface area contributed by atoms with Gasteiger partial charge in [0.25, 0.3) is 11.7 Å². The standard InChI is InChI=1S/C18H21N5O/c1-11(2)14-5-7-15(8-6-14)13(4)22-17(24)16-9-12(3)21-18-19-10-20-23(16)18/h5-11,13H,1-4H3,(H,22,24)/t13-/m1/s1. The SMILES string of the molecule is Cc1cc(C(=O)N[C@H](C)c2ccc(C(C)C)cc2)n2ncnc2n1. The van der Waals surface area contributed by atoms with Gasteiger partial charge in [0.1, 0.15) is 12.0 Å². The first-order valence-electron chi connectivity index (χ1n) is 8.04. The van der Waals surface area contributed by atoms with Crippen LogP contribution in [0.3, 0.4) is 0 Å². The summed E-state index contributed by atoms with van der Waals surface area (Å²) in [6.07, 6.45) is 1.40. The molecule has 124 valence electrons. The van der Waals surface area contributed by atoms with Crippen LogP contribution in [0.4, 0.5) is 0 Å². The third kappa shape index (κ3) is 3.13. The quantitative estimate of drug-likeness (QED) is 0.801. The highest BCUT2D eigenvalue weighted by Gasteiger charge is 2.16. The van der Waals surface area contributed by atoms with E-state index in [1.54, 1.807) is 6.07 Å². The van der Waals surface area contributed by atoms with Gasteiger partial charge in [-0.2, -0.15) is 14.6 Å². The number of nitrogens with zero attached hydrogens (tertiary/aromatic N) is 4. The molecule has 0 bridgehead atoms. The van der Waals surface area contributed by atoms with Crippen molar-refractivity contribution in [1.29, 1.82) is 0 Å². The number of aryl methyl sites for hydroxylation is 1. The minimum Gasteiger partial charge on any atom is -0.344 e. The van der Waals surface area contributed by atoms with Crippen molar-refractivity contribution in [2.24, 2.45) is 0 Å². The van der Waals surface area contributed by atoms with E-state index in [9.17, 15) is 4.79 Å². The highest BCUT2D eigenvalue weighted by atomic mass is 16.2. The number of rotatable bonds is 4. The minimum atomic E-state index is -0.198. The first-order chi connectivity index (χ1) is 11.5. The Morgan fingerprint density at radius 3 is 2.46 bits per heavy atom. The largest absolute Gasteiger partial charge is 0.344 e. The molecule has 0 saturated carbocycles. The van der Waals surface area contributed by atoms with Crippen molar-refractivity contribution in [3.63, 3.8) is 0 Å². The summed E-state index contributed by atoms with van der Waals surface area (Å²) >= 11 is 0. The molecule has 6 heteroatoms. The van der Waals surface area contributed by atoms with Gasteiger partial charge in [0.2, 0.25) is 0 Å². The van der Waals surface area contributed by atoms with Crippen LogP contribution in [0.1, 0.15) is 60.0 Å². The average molecular weight is 323 g/mol. The van der Waals surface area contributed by atoms with Gasteiger partial charge >= 0.3 is 0 Å². The molecule has 3 rings (SSSR count). The second-order valence-corrected chi connectivity index (χ2v) is 6.27. The minimum absolute atomic E-state index is 0.106. The molecule has 0 fully saturated rings. The van der Waals surface area contributed by atoms with Crippen LogP contribution in [-0.2, 0) is 0 Å². The first kappa shape index (κ1) is 16.1. The summed E-state index contributed by atoms with van der Waals surface area (Å²) in [5, 5.41) is 7.09. The van der Waals surface area contributed by atoms with Crippen LogP contribution in [0.5, 0.6) is 0 Å². The molecule has 0 aliphatic heterocycles. The third-order valence-electron chi connectivity index (χ3n) is 4.06. The fourth-order valence-electron chi connectivity index (χ4n) is 2.62. The van der Waals surface area contributed by atoms with E-state index >= 15 is 0 Å². The molecular formula is C18H21N5O. The van der Waals surface area contributed by atoms with E-state index in [4.69, 9.17) is 0 Å². The highest BCUT2D eigenvalue weighted by Crippen LogP contribution is 2.19. The molecule has 0 saturated heterocycles. The topological polar surface area (TPSA) is 72.2 Å². The average Bonchev–Trinajstić information content (AvgIpc) is 3.02. The maximum absolute atomic E-state index is 12.6. The third-order valence-corrected chi connectivity index (χ3v) is 4.06. The monoisotopic (exact) mass is 323 g/mol. The Kier molecular flexibility index (Phi) is 4.29. The molecule has 0 spiro atoms. The van der Waals surface area contributed by atoms with Crippen molar-refractivity contribution in [3.05, 3.63) is 59.2 Å². The van der Waals surface area contributed by atoms with Crippen LogP contribution < -0.4 is 5.32 Å². The van der Waals surface area contributed by atoms with Crippen LogP contribution in [0.15, 0.2) is 36.7 Å². The van der Waals surface area contributed by atoms with Gasteiger partial charge in [-0.25, -0.2) is 4.98 Å². The van der Waals surface area contributed by atoms with Crippen molar-refractivity contribution < 1.29 is 4.79 Å². The summed E-state index contributed by atoms with van der Waals surface area (Å²) in [6, 6.07) is 9.94. The molecule has 1 aromatic carbocycles. The second-order valence-electron chi connectivity index (χ2n) is 6.27. The smallest absolute Gasteiger partial charge is 0.270 e. The van der Waals surface area contributed by atoms with Gasteiger partial charge in [-0.3, -0.25) is 4.79 Å². The highest BCUT2D eigenvalue weighted by molar-refractivity contribution is 5.93. The molecule has 2 heterocycles. The summed E-state index contributed by atoms with van der Waals surface area (Å²) in [5.41, 5.74) is 3.51. The summed E-state index contributed by atoms with van der Waals surface area (Å²) in [6.45, 7) is 8.12. The fraction of sp³-hybridized carbons (Fsp3) is 0.333. The predicted octanol–water partition coefficient (Wildman–Crippen LogP) is 3.05. The normalized spacial score (nSPS) is 12.5. The number of hydrogen-bond donors (Lipinski definition) is 1. The Morgan fingerprint density at radius 1 is 1.12 bits per heavy atom. The lowest BCUT2D eigenvalue weighted by atomic mass is 9.99. The van der Waals surface area contributed by atoms with Gasteiger partial charge in [-0.1, -0.05) is 38.1 Å². The summed E-state index contributed by atoms with van der Waals surface area (Å²) in [5.74, 6) is 0.717. The van der Waals surface area contributed by atoms with Crippen LogP contribution in [0.25, 0.3) is 5.78 Å². The van der Waals surface area contributed by atoms with E-state index < -0.39 is 0 Å². The molecule has 0 unspecified atom stereocenters. The molecule has 0 radical (unpaired) electrons. The second kappa shape index (κ2) is 6.39. The summed E-state index contributed by atoms with van der Waals surface area (Å²) in [4.78, 5) is 20.9. The Labute approximate surface area is 141 Å². The molecule has 1 atom stereocenters. The number of nitrogens with one attached hydrogen (secondary N) is 1. The maximum atomic E-state index is 12.6. The van der Waals surface area contributed by atoms with Crippen molar-refractivity contribution >= 4 is 11.7 Å². The number of carbonyl (C=O) groups excluding carboxylic acids is 1. The maximum Gasteiger partial charge on any atom is 0.270 e. The molecule has 0 aliphatic carbocycles. The molecule has 0 aliphatic rings. The van der Waals surface area contributed by atoms with Gasteiger partial charge in [0, 0.05) is 5.69 Å². The van der Waals surface area contributed by atoms with Crippen LogP contribution in [0, 0.1) is 6.92 Å². The molecular weight excluding hydrogens is 302 g/mol. The molecule has 24 heavy (non-hydrogen) atoms. The van der Waals surface area contributed by atoms with Gasteiger partial charge in [0.05, 0.1) is 6.04 Å². The van der Waals surface area contributed by atoms with E-state index in [1.165, 1.54) is 16.4 Å². The van der Waals surface area contributed by atoms with E-state index in [0.717, 1.165) is 11.3 Å². The lowest BCUT2D eigenvalue weighted by Gasteiger charge is -2.16. The van der Waals surface area contributed by atoms with E-state index in [1.807, 2.05) is 13.8 Å². The Morgan fingerprint density at radius 2 is 1.79 bits per heavy atom. The Balaban J connectivity index is 1.81. The zero-order valence-corrected chi connectivity index (χ0v) is 14.3. The van der Waals surface area contributed by atoms with Crippen molar-refractivity contribution in [2.75, 3.05) is 0 Å². The Bertz CT molecular complexity index is 867. The summed E-state index contributed by atoms with van der Waals surface area (Å²) < 4.78 is 1.46. The summed E-state index contributed by atoms with van der Waals surface area (Å²) in [7, 11) is 0. The molecule has 1 N–H and O–H groups in total. The number of hydrogen-bond acceptors (Lipinski definition) is 4. The number of carbonyl (C=O) groups is 1. The van der Waals surface area contributed by atoms with Crippen molar-refractivity contribution in [2.45, 2.75) is 39.7 Å².